The molecule has 4 nitrogen and oxygen atoms in total. The molecular formula is C12H18N2O2. The van der Waals surface area contributed by atoms with Crippen molar-refractivity contribution in [1.29, 1.82) is 0 Å². The summed E-state index contributed by atoms with van der Waals surface area (Å²) in [5.41, 5.74) is 1.27. The molecule has 1 aliphatic rings. The van der Waals surface area contributed by atoms with E-state index in [0.717, 1.165) is 25.9 Å². The maximum Gasteiger partial charge on any atom is 0.216 e. The zero-order valence-electron chi connectivity index (χ0n) is 9.82. The minimum atomic E-state index is 0.590. The van der Waals surface area contributed by atoms with Gasteiger partial charge in [0.1, 0.15) is 0 Å². The molecule has 1 aliphatic heterocycles. The molecule has 1 aromatic heterocycles. The molecule has 0 aliphatic carbocycles. The average molecular weight is 222 g/mol. The molecule has 16 heavy (non-hydrogen) atoms. The van der Waals surface area contributed by atoms with Crippen LogP contribution in [0.4, 0.5) is 0 Å². The van der Waals surface area contributed by atoms with Gasteiger partial charge in [-0.15, -0.1) is 0 Å². The van der Waals surface area contributed by atoms with Crippen molar-refractivity contribution >= 4 is 0 Å². The van der Waals surface area contributed by atoms with Gasteiger partial charge in [-0.2, -0.15) is 4.98 Å². The Bertz CT molecular complexity index is 327. The number of rotatable bonds is 3. The van der Waals surface area contributed by atoms with Crippen LogP contribution in [0.25, 0.3) is 0 Å². The van der Waals surface area contributed by atoms with Crippen LogP contribution in [0.2, 0.25) is 0 Å². The SMILES string of the molecule is COc1cc(C2CCNCC2)cc(OC)n1. The van der Waals surface area contributed by atoms with Crippen LogP contribution in [0.1, 0.15) is 24.3 Å². The first kappa shape index (κ1) is 11.2. The Morgan fingerprint density at radius 1 is 1.12 bits per heavy atom. The molecule has 0 unspecified atom stereocenters. The van der Waals surface area contributed by atoms with Gasteiger partial charge in [0.2, 0.25) is 11.8 Å². The number of piperidine rings is 1. The van der Waals surface area contributed by atoms with E-state index in [1.54, 1.807) is 14.2 Å². The lowest BCUT2D eigenvalue weighted by atomic mass is 9.91. The van der Waals surface area contributed by atoms with E-state index in [1.807, 2.05) is 12.1 Å². The number of pyridine rings is 1. The molecule has 88 valence electrons. The average Bonchev–Trinajstić information content (AvgIpc) is 2.39. The van der Waals surface area contributed by atoms with Gasteiger partial charge in [-0.3, -0.25) is 0 Å². The summed E-state index contributed by atoms with van der Waals surface area (Å²) in [7, 11) is 3.27. The second-order valence-corrected chi connectivity index (χ2v) is 4.01. The smallest absolute Gasteiger partial charge is 0.216 e. The molecule has 1 aromatic rings. The first-order valence-corrected chi connectivity index (χ1v) is 5.64. The van der Waals surface area contributed by atoms with Crippen molar-refractivity contribution in [2.75, 3.05) is 27.3 Å². The van der Waals surface area contributed by atoms with E-state index in [4.69, 9.17) is 9.47 Å². The Labute approximate surface area is 96.0 Å². The van der Waals surface area contributed by atoms with Crippen molar-refractivity contribution in [2.45, 2.75) is 18.8 Å². The molecule has 0 saturated carbocycles. The van der Waals surface area contributed by atoms with Crippen molar-refractivity contribution in [3.8, 4) is 11.8 Å². The molecule has 0 amide bonds. The highest BCUT2D eigenvalue weighted by atomic mass is 16.5. The first-order valence-electron chi connectivity index (χ1n) is 5.64. The highest BCUT2D eigenvalue weighted by Gasteiger charge is 2.17. The summed E-state index contributed by atoms with van der Waals surface area (Å²) in [4.78, 5) is 4.21. The van der Waals surface area contributed by atoms with Crippen LogP contribution in [0.15, 0.2) is 12.1 Å². The van der Waals surface area contributed by atoms with E-state index < -0.39 is 0 Å². The summed E-state index contributed by atoms with van der Waals surface area (Å²) in [5.74, 6) is 1.85. The molecule has 0 radical (unpaired) electrons. The van der Waals surface area contributed by atoms with Gasteiger partial charge < -0.3 is 14.8 Å². The van der Waals surface area contributed by atoms with Gasteiger partial charge in [-0.05, 0) is 37.4 Å². The number of hydrogen-bond acceptors (Lipinski definition) is 4. The van der Waals surface area contributed by atoms with Crippen molar-refractivity contribution in [1.82, 2.24) is 10.3 Å². The predicted molar refractivity (Wildman–Crippen MR) is 62.2 cm³/mol. The van der Waals surface area contributed by atoms with Crippen LogP contribution >= 0.6 is 0 Å². The molecule has 2 heterocycles. The third-order valence-electron chi connectivity index (χ3n) is 3.03. The molecule has 1 fully saturated rings. The van der Waals surface area contributed by atoms with Crippen LogP contribution in [0.5, 0.6) is 11.8 Å². The molecular weight excluding hydrogens is 204 g/mol. The molecule has 4 heteroatoms. The van der Waals surface area contributed by atoms with E-state index in [2.05, 4.69) is 10.3 Å². The fourth-order valence-electron chi connectivity index (χ4n) is 2.10. The standard InChI is InChI=1S/C12H18N2O2/c1-15-11-7-10(8-12(14-11)16-2)9-3-5-13-6-4-9/h7-9,13H,3-6H2,1-2H3. The minimum absolute atomic E-state index is 0.590. The Morgan fingerprint density at radius 2 is 1.69 bits per heavy atom. The van der Waals surface area contributed by atoms with Crippen LogP contribution in [0.3, 0.4) is 0 Å². The molecule has 0 spiro atoms. The van der Waals surface area contributed by atoms with Crippen molar-refractivity contribution in [2.24, 2.45) is 0 Å². The quantitative estimate of drug-likeness (QED) is 0.843. The number of nitrogens with zero attached hydrogens (tertiary/aromatic N) is 1. The van der Waals surface area contributed by atoms with Gasteiger partial charge in [0.15, 0.2) is 0 Å². The Morgan fingerprint density at radius 3 is 2.19 bits per heavy atom. The van der Waals surface area contributed by atoms with Gasteiger partial charge >= 0.3 is 0 Å². The van der Waals surface area contributed by atoms with E-state index in [0.29, 0.717) is 17.7 Å². The van der Waals surface area contributed by atoms with E-state index in [1.165, 1.54) is 5.56 Å². The summed E-state index contributed by atoms with van der Waals surface area (Å²) in [5, 5.41) is 3.36. The summed E-state index contributed by atoms with van der Waals surface area (Å²) in [6, 6.07) is 4.02. The Hall–Kier alpha value is -1.29. The number of ether oxygens (including phenoxy) is 2. The summed E-state index contributed by atoms with van der Waals surface area (Å²) < 4.78 is 10.4. The fraction of sp³-hybridized carbons (Fsp3) is 0.583. The fourth-order valence-corrected chi connectivity index (χ4v) is 2.10. The largest absolute Gasteiger partial charge is 0.481 e. The van der Waals surface area contributed by atoms with Gasteiger partial charge in [-0.25, -0.2) is 0 Å². The molecule has 2 rings (SSSR count). The molecule has 0 bridgehead atoms. The normalized spacial score (nSPS) is 17.1. The van der Waals surface area contributed by atoms with Crippen LogP contribution < -0.4 is 14.8 Å². The zero-order chi connectivity index (χ0) is 11.4. The number of methoxy groups -OCH3 is 2. The van der Waals surface area contributed by atoms with Gasteiger partial charge in [-0.1, -0.05) is 0 Å². The molecule has 0 aromatic carbocycles. The predicted octanol–water partition coefficient (Wildman–Crippen LogP) is 1.57. The zero-order valence-corrected chi connectivity index (χ0v) is 9.82. The van der Waals surface area contributed by atoms with Crippen molar-refractivity contribution in [3.05, 3.63) is 17.7 Å². The van der Waals surface area contributed by atoms with Gasteiger partial charge in [0, 0.05) is 12.1 Å². The third-order valence-corrected chi connectivity index (χ3v) is 3.03. The lowest BCUT2D eigenvalue weighted by molar-refractivity contribution is 0.361. The van der Waals surface area contributed by atoms with Crippen molar-refractivity contribution < 1.29 is 9.47 Å². The number of hydrogen-bond donors (Lipinski definition) is 1. The topological polar surface area (TPSA) is 43.4 Å². The Kier molecular flexibility index (Phi) is 3.62. The van der Waals surface area contributed by atoms with Crippen molar-refractivity contribution in [3.63, 3.8) is 0 Å². The van der Waals surface area contributed by atoms with Gasteiger partial charge in [0.05, 0.1) is 14.2 Å². The summed E-state index contributed by atoms with van der Waals surface area (Å²) >= 11 is 0. The third kappa shape index (κ3) is 2.44. The van der Waals surface area contributed by atoms with Crippen LogP contribution in [-0.2, 0) is 0 Å². The van der Waals surface area contributed by atoms with E-state index in [-0.39, 0.29) is 0 Å². The highest BCUT2D eigenvalue weighted by molar-refractivity contribution is 5.31. The highest BCUT2D eigenvalue weighted by Crippen LogP contribution is 2.29. The lowest BCUT2D eigenvalue weighted by Gasteiger charge is -2.23. The Balaban J connectivity index is 2.24. The maximum absolute atomic E-state index is 5.18. The molecule has 1 saturated heterocycles. The minimum Gasteiger partial charge on any atom is -0.481 e. The number of aromatic nitrogens is 1. The van der Waals surface area contributed by atoms with E-state index in [9.17, 15) is 0 Å². The summed E-state index contributed by atoms with van der Waals surface area (Å²) in [6.07, 6.45) is 2.33. The lowest BCUT2D eigenvalue weighted by Crippen LogP contribution is -2.26. The second-order valence-electron chi connectivity index (χ2n) is 4.01. The van der Waals surface area contributed by atoms with E-state index >= 15 is 0 Å². The second kappa shape index (κ2) is 5.16. The van der Waals surface area contributed by atoms with Crippen LogP contribution in [-0.4, -0.2) is 32.3 Å². The molecule has 0 atom stereocenters. The number of nitrogens with one attached hydrogen (secondary N) is 1. The maximum atomic E-state index is 5.18. The molecule has 1 N–H and O–H groups in total. The first-order chi connectivity index (χ1) is 7.83. The summed E-state index contributed by atoms with van der Waals surface area (Å²) in [6.45, 7) is 2.16. The van der Waals surface area contributed by atoms with Gasteiger partial charge in [0.25, 0.3) is 0 Å². The monoisotopic (exact) mass is 222 g/mol. The van der Waals surface area contributed by atoms with Crippen LogP contribution in [0, 0.1) is 0 Å².